The van der Waals surface area contributed by atoms with Crippen LogP contribution in [0.15, 0.2) is 0 Å². The summed E-state index contributed by atoms with van der Waals surface area (Å²) in [6.07, 6.45) is 28.9. The van der Waals surface area contributed by atoms with E-state index in [0.717, 1.165) is 59.2 Å². The second-order valence-corrected chi connectivity index (χ2v) is 12.6. The molecular weight excluding hydrogens is 336 g/mol. The largest absolute Gasteiger partial charge is 0.0530 e. The first-order valence-electron chi connectivity index (χ1n) is 13.9. The van der Waals surface area contributed by atoms with E-state index in [2.05, 4.69) is 0 Å². The van der Waals surface area contributed by atoms with E-state index in [1.54, 1.807) is 116 Å². The molecule has 6 aliphatic rings. The van der Waals surface area contributed by atoms with Gasteiger partial charge in [0.2, 0.25) is 0 Å². The van der Waals surface area contributed by atoms with Gasteiger partial charge in [-0.1, -0.05) is 38.5 Å². The van der Waals surface area contributed by atoms with Crippen LogP contribution in [0.1, 0.15) is 116 Å². The van der Waals surface area contributed by atoms with Crippen LogP contribution in [0.3, 0.4) is 0 Å². The minimum atomic E-state index is 1.13. The van der Waals surface area contributed by atoms with Crippen molar-refractivity contribution in [2.75, 3.05) is 0 Å². The quantitative estimate of drug-likeness (QED) is 0.428. The zero-order chi connectivity index (χ0) is 18.5. The maximum Gasteiger partial charge on any atom is -0.0355 e. The van der Waals surface area contributed by atoms with Crippen LogP contribution >= 0.6 is 0 Å². The predicted octanol–water partition coefficient (Wildman–Crippen LogP) is 8.25. The number of hydrogen-bond donors (Lipinski definition) is 0. The van der Waals surface area contributed by atoms with E-state index in [9.17, 15) is 0 Å². The van der Waals surface area contributed by atoms with Crippen molar-refractivity contribution in [3.63, 3.8) is 0 Å². The van der Waals surface area contributed by atoms with Crippen LogP contribution in [-0.2, 0) is 0 Å². The molecule has 0 N–H and O–H groups in total. The highest BCUT2D eigenvalue weighted by Crippen LogP contribution is 2.57. The average Bonchev–Trinajstić information content (AvgIpc) is 2.78. The molecule has 0 aromatic carbocycles. The molecule has 6 saturated carbocycles. The standard InChI is InChI=1S/C28H46/c1-3-7-25-19(5-1)9-11-23-17-21(13-15-27(23)25)22-14-16-28-24(18-22)12-10-20-6-2-4-8-26(20)28/h19-28H,1-18H2. The molecule has 0 nitrogen and oxygen atoms in total. The molecule has 6 aliphatic carbocycles. The molecule has 0 aliphatic heterocycles. The molecule has 0 radical (unpaired) electrons. The van der Waals surface area contributed by atoms with Gasteiger partial charge in [0.25, 0.3) is 0 Å². The summed E-state index contributed by atoms with van der Waals surface area (Å²) in [5.74, 6) is 11.5. The Morgan fingerprint density at radius 3 is 1.11 bits per heavy atom. The van der Waals surface area contributed by atoms with Crippen LogP contribution in [0.2, 0.25) is 0 Å². The number of hydrogen-bond acceptors (Lipinski definition) is 0. The normalized spacial score (nSPS) is 54.0. The van der Waals surface area contributed by atoms with E-state index in [0.29, 0.717) is 0 Å². The van der Waals surface area contributed by atoms with Crippen molar-refractivity contribution in [1.29, 1.82) is 0 Å². The van der Waals surface area contributed by atoms with Crippen LogP contribution < -0.4 is 0 Å². The lowest BCUT2D eigenvalue weighted by molar-refractivity contribution is -0.0295. The summed E-state index contributed by atoms with van der Waals surface area (Å²) in [7, 11) is 0. The third-order valence-electron chi connectivity index (χ3n) is 11.7. The van der Waals surface area contributed by atoms with Gasteiger partial charge in [-0.15, -0.1) is 0 Å². The Hall–Kier alpha value is 0. The topological polar surface area (TPSA) is 0 Å². The Morgan fingerprint density at radius 1 is 0.250 bits per heavy atom. The van der Waals surface area contributed by atoms with E-state index in [1.807, 2.05) is 0 Å². The van der Waals surface area contributed by atoms with Crippen LogP contribution in [0.5, 0.6) is 0 Å². The SMILES string of the molecule is C1CCC2C(C1)CCC1CC(C3CCC4C(CCC5CCCCC54)C3)CCC12. The zero-order valence-corrected chi connectivity index (χ0v) is 18.5. The van der Waals surface area contributed by atoms with Crippen molar-refractivity contribution in [3.05, 3.63) is 0 Å². The molecule has 6 rings (SSSR count). The molecule has 0 heteroatoms. The molecule has 10 unspecified atom stereocenters. The van der Waals surface area contributed by atoms with Crippen molar-refractivity contribution >= 4 is 0 Å². The third-order valence-corrected chi connectivity index (χ3v) is 11.7. The highest BCUT2D eigenvalue weighted by Gasteiger charge is 2.47. The van der Waals surface area contributed by atoms with E-state index >= 15 is 0 Å². The lowest BCUT2D eigenvalue weighted by Crippen LogP contribution is -2.44. The van der Waals surface area contributed by atoms with Gasteiger partial charge in [-0.2, -0.15) is 0 Å². The number of rotatable bonds is 1. The van der Waals surface area contributed by atoms with Gasteiger partial charge in [-0.25, -0.2) is 0 Å². The summed E-state index contributed by atoms with van der Waals surface area (Å²) in [6, 6.07) is 0. The van der Waals surface area contributed by atoms with Crippen molar-refractivity contribution in [2.24, 2.45) is 59.2 Å². The highest BCUT2D eigenvalue weighted by molar-refractivity contribution is 4.97. The zero-order valence-electron chi connectivity index (χ0n) is 18.5. The van der Waals surface area contributed by atoms with Crippen LogP contribution in [0.25, 0.3) is 0 Å². The molecule has 10 atom stereocenters. The fourth-order valence-corrected chi connectivity index (χ4v) is 10.5. The van der Waals surface area contributed by atoms with E-state index in [1.165, 1.54) is 0 Å². The monoisotopic (exact) mass is 382 g/mol. The molecular formula is C28H46. The number of fused-ring (bicyclic) bond motifs is 6. The van der Waals surface area contributed by atoms with Gasteiger partial charge in [0, 0.05) is 0 Å². The summed E-state index contributed by atoms with van der Waals surface area (Å²) in [6.45, 7) is 0. The van der Waals surface area contributed by atoms with E-state index in [-0.39, 0.29) is 0 Å². The first-order valence-corrected chi connectivity index (χ1v) is 13.9. The van der Waals surface area contributed by atoms with Crippen molar-refractivity contribution in [1.82, 2.24) is 0 Å². The van der Waals surface area contributed by atoms with Gasteiger partial charge in [0.05, 0.1) is 0 Å². The second-order valence-electron chi connectivity index (χ2n) is 12.6. The molecule has 0 saturated heterocycles. The first kappa shape index (κ1) is 18.7. The molecule has 0 bridgehead atoms. The average molecular weight is 383 g/mol. The predicted molar refractivity (Wildman–Crippen MR) is 118 cm³/mol. The molecule has 0 amide bonds. The molecule has 0 aromatic rings. The third kappa shape index (κ3) is 3.32. The summed E-state index contributed by atoms with van der Waals surface area (Å²) < 4.78 is 0. The lowest BCUT2D eigenvalue weighted by atomic mass is 9.52. The molecule has 6 fully saturated rings. The molecule has 0 aromatic heterocycles. The minimum absolute atomic E-state index is 1.13. The molecule has 158 valence electrons. The molecule has 0 spiro atoms. The smallest absolute Gasteiger partial charge is 0.0355 e. The van der Waals surface area contributed by atoms with E-state index < -0.39 is 0 Å². The molecule has 28 heavy (non-hydrogen) atoms. The van der Waals surface area contributed by atoms with Gasteiger partial charge >= 0.3 is 0 Å². The minimum Gasteiger partial charge on any atom is -0.0530 e. The summed E-state index contributed by atoms with van der Waals surface area (Å²) in [5, 5.41) is 0. The van der Waals surface area contributed by atoms with E-state index in [4.69, 9.17) is 0 Å². The Labute approximate surface area is 175 Å². The molecule has 0 heterocycles. The van der Waals surface area contributed by atoms with Gasteiger partial charge in [0.15, 0.2) is 0 Å². The summed E-state index contributed by atoms with van der Waals surface area (Å²) >= 11 is 0. The fourth-order valence-electron chi connectivity index (χ4n) is 10.5. The Kier molecular flexibility index (Phi) is 5.30. The summed E-state index contributed by atoms with van der Waals surface area (Å²) in [5.41, 5.74) is 0. The first-order chi connectivity index (χ1) is 13.9. The van der Waals surface area contributed by atoms with Crippen molar-refractivity contribution in [3.8, 4) is 0 Å². The van der Waals surface area contributed by atoms with Gasteiger partial charge in [0.1, 0.15) is 0 Å². The maximum atomic E-state index is 1.65. The van der Waals surface area contributed by atoms with Crippen LogP contribution in [0.4, 0.5) is 0 Å². The Balaban J connectivity index is 1.08. The second kappa shape index (κ2) is 7.92. The summed E-state index contributed by atoms with van der Waals surface area (Å²) in [4.78, 5) is 0. The van der Waals surface area contributed by atoms with Gasteiger partial charge in [-0.3, -0.25) is 0 Å². The maximum absolute atomic E-state index is 1.65. The lowest BCUT2D eigenvalue weighted by Gasteiger charge is -2.53. The van der Waals surface area contributed by atoms with Crippen LogP contribution in [-0.4, -0.2) is 0 Å². The Bertz CT molecular complexity index is 488. The van der Waals surface area contributed by atoms with Crippen LogP contribution in [0, 0.1) is 59.2 Å². The fraction of sp³-hybridized carbons (Fsp3) is 1.00. The Morgan fingerprint density at radius 2 is 0.607 bits per heavy atom. The van der Waals surface area contributed by atoms with Gasteiger partial charge < -0.3 is 0 Å². The van der Waals surface area contributed by atoms with Gasteiger partial charge in [-0.05, 0) is 136 Å². The van der Waals surface area contributed by atoms with Crippen molar-refractivity contribution < 1.29 is 0 Å². The van der Waals surface area contributed by atoms with Crippen molar-refractivity contribution in [2.45, 2.75) is 116 Å². The highest BCUT2D eigenvalue weighted by atomic mass is 14.5.